The van der Waals surface area contributed by atoms with E-state index in [0.29, 0.717) is 20.8 Å². The summed E-state index contributed by atoms with van der Waals surface area (Å²) in [5.74, 6) is 0.0155. The largest absolute Gasteiger partial charge is 1.00 e. The predicted octanol–water partition coefficient (Wildman–Crippen LogP) is 10.1. The summed E-state index contributed by atoms with van der Waals surface area (Å²) in [5, 5.41) is 0. The predicted molar refractivity (Wildman–Crippen MR) is 254 cm³/mol. The van der Waals surface area contributed by atoms with Crippen molar-refractivity contribution in [3.63, 3.8) is 0 Å². The van der Waals surface area contributed by atoms with Crippen LogP contribution < -0.4 is 28.1 Å². The van der Waals surface area contributed by atoms with E-state index in [1.54, 1.807) is 12.1 Å². The van der Waals surface area contributed by atoms with Gasteiger partial charge in [-0.05, 0) is 0 Å². The van der Waals surface area contributed by atoms with E-state index in [-0.39, 0.29) is 42.1 Å². The first kappa shape index (κ1) is 52.1. The molecule has 2 aliphatic rings. The third-order valence-corrected chi connectivity index (χ3v) is 21.2. The van der Waals surface area contributed by atoms with Crippen LogP contribution in [0.4, 0.5) is 26.3 Å². The first-order valence-electron chi connectivity index (χ1n) is 22.4. The second kappa shape index (κ2) is 19.2. The van der Waals surface area contributed by atoms with Crippen molar-refractivity contribution in [1.29, 1.82) is 0 Å². The summed E-state index contributed by atoms with van der Waals surface area (Å²) in [6, 6.07) is 30.5. The van der Waals surface area contributed by atoms with Gasteiger partial charge in [0.2, 0.25) is 0 Å². The zero-order valence-electron chi connectivity index (χ0n) is 39.9. The number of aryl methyl sites for hydroxylation is 6. The average molecular weight is 1030 g/mol. The first-order valence-corrected chi connectivity index (χ1v) is 26.1. The van der Waals surface area contributed by atoms with Crippen LogP contribution in [0.3, 0.4) is 0 Å². The number of hydrogen-bond acceptors (Lipinski definition) is 0. The van der Waals surface area contributed by atoms with E-state index in [2.05, 4.69) is 143 Å². The van der Waals surface area contributed by atoms with Gasteiger partial charge in [0.05, 0.1) is 0 Å². The molecule has 0 radical (unpaired) electrons. The smallest absolute Gasteiger partial charge is 1.00 e. The fraction of sp³-hybridized carbons (Fsp3) is 0.293. The molecule has 0 saturated heterocycles. The number of halogens is 8. The van der Waals surface area contributed by atoms with Gasteiger partial charge in [-0.15, -0.1) is 0 Å². The molecule has 0 spiro atoms. The number of hydrogen-bond donors (Lipinski definition) is 0. The van der Waals surface area contributed by atoms with Crippen LogP contribution in [-0.2, 0) is 40.0 Å². The number of alkyl halides is 6. The minimum atomic E-state index is -4.67. The summed E-state index contributed by atoms with van der Waals surface area (Å²) >= 11 is -4.11. The number of allylic oxidation sites excluding steroid dienone is 4. The van der Waals surface area contributed by atoms with Gasteiger partial charge in [0, 0.05) is 0 Å². The van der Waals surface area contributed by atoms with Crippen molar-refractivity contribution < 1.29 is 72.4 Å². The monoisotopic (exact) mass is 1030 g/mol. The van der Waals surface area contributed by atoms with Crippen molar-refractivity contribution in [1.82, 2.24) is 0 Å². The maximum absolute atomic E-state index is 14.8. The minimum Gasteiger partial charge on any atom is -1.00 e. The van der Waals surface area contributed by atoms with Crippen LogP contribution in [0.25, 0.3) is 33.4 Å². The Morgan fingerprint density at radius 2 is 1.06 bits per heavy atom. The molecule has 0 N–H and O–H groups in total. The number of benzene rings is 6. The fourth-order valence-corrected chi connectivity index (χ4v) is 19.9. The molecule has 6 aromatic carbocycles. The van der Waals surface area contributed by atoms with Crippen molar-refractivity contribution in [3.8, 4) is 33.4 Å². The molecule has 1 unspecified atom stereocenters. The molecule has 0 bridgehead atoms. The van der Waals surface area contributed by atoms with E-state index >= 15 is 0 Å². The quantitative estimate of drug-likeness (QED) is 0.140. The zero-order valence-corrected chi connectivity index (χ0v) is 43.8. The Kier molecular flexibility index (Phi) is 15.0. The van der Waals surface area contributed by atoms with Gasteiger partial charge in [-0.3, -0.25) is 0 Å². The van der Waals surface area contributed by atoms with Crippen LogP contribution in [-0.4, -0.2) is 3.21 Å². The Morgan fingerprint density at radius 3 is 1.54 bits per heavy atom. The molecule has 0 nitrogen and oxygen atoms in total. The summed E-state index contributed by atoms with van der Waals surface area (Å²) in [7, 11) is 0. The summed E-state index contributed by atoms with van der Waals surface area (Å²) in [4.78, 5) is 0. The van der Waals surface area contributed by atoms with Gasteiger partial charge in [-0.2, -0.15) is 0 Å². The van der Waals surface area contributed by atoms with Gasteiger partial charge in [-0.1, -0.05) is 0 Å². The third kappa shape index (κ3) is 10.1. The third-order valence-electron chi connectivity index (χ3n) is 13.3. The number of rotatable bonds is 7. The molecule has 6 aromatic rings. The molecular weight excluding hydrogens is 973 g/mol. The van der Waals surface area contributed by atoms with E-state index in [1.807, 2.05) is 0 Å². The van der Waals surface area contributed by atoms with Crippen LogP contribution in [0.2, 0.25) is 0 Å². The van der Waals surface area contributed by atoms with Crippen molar-refractivity contribution in [2.24, 2.45) is 17.3 Å². The Bertz CT molecular complexity index is 2900. The minimum absolute atomic E-state index is 0. The maximum atomic E-state index is 14.8. The van der Waals surface area contributed by atoms with E-state index in [4.69, 9.17) is 0 Å². The topological polar surface area (TPSA) is 0 Å². The first-order chi connectivity index (χ1) is 30.4. The van der Waals surface area contributed by atoms with Crippen molar-refractivity contribution in [3.05, 3.63) is 191 Å². The van der Waals surface area contributed by atoms with Crippen LogP contribution in [0.1, 0.15) is 101 Å². The van der Waals surface area contributed by atoms with Crippen molar-refractivity contribution in [2.75, 3.05) is 0 Å². The normalized spacial score (nSPS) is 14.4. The molecule has 0 amide bonds. The molecule has 1 atom stereocenters. The van der Waals surface area contributed by atoms with E-state index in [1.165, 1.54) is 46.5 Å². The van der Waals surface area contributed by atoms with E-state index < -0.39 is 44.7 Å². The zero-order chi connectivity index (χ0) is 47.1. The van der Waals surface area contributed by atoms with Gasteiger partial charge in [0.15, 0.2) is 0 Å². The van der Waals surface area contributed by atoms with Gasteiger partial charge in [-0.25, -0.2) is 0 Å². The van der Waals surface area contributed by atoms with Crippen LogP contribution in [0.15, 0.2) is 124 Å². The van der Waals surface area contributed by atoms with Crippen LogP contribution in [0.5, 0.6) is 0 Å². The fourth-order valence-electron chi connectivity index (χ4n) is 10.6. The van der Waals surface area contributed by atoms with E-state index in [0.717, 1.165) is 79.9 Å². The molecular formula is C58H56Cl2F6Zr. The molecule has 0 aromatic heterocycles. The van der Waals surface area contributed by atoms with E-state index in [9.17, 15) is 26.3 Å². The van der Waals surface area contributed by atoms with Gasteiger partial charge >= 0.3 is 391 Å². The summed E-state index contributed by atoms with van der Waals surface area (Å²) in [5.41, 5.74) is 15.5. The summed E-state index contributed by atoms with van der Waals surface area (Å²) in [6.45, 7) is 23.5. The molecule has 0 heterocycles. The van der Waals surface area contributed by atoms with Crippen LogP contribution in [0, 0.1) is 58.8 Å². The number of fused-ring (bicyclic) bond motifs is 3. The molecule has 2 aliphatic carbocycles. The van der Waals surface area contributed by atoms with Gasteiger partial charge in [0.25, 0.3) is 0 Å². The van der Waals surface area contributed by atoms with Crippen molar-refractivity contribution in [2.45, 2.75) is 94.9 Å². The Labute approximate surface area is 412 Å². The van der Waals surface area contributed by atoms with Gasteiger partial charge in [0.1, 0.15) is 0 Å². The Balaban J connectivity index is 0.00000370. The maximum Gasteiger partial charge on any atom is -1.00 e. The second-order valence-electron chi connectivity index (χ2n) is 19.8. The van der Waals surface area contributed by atoms with Crippen molar-refractivity contribution >= 4 is 6.48 Å². The molecule has 8 rings (SSSR count). The SMILES string of the molecule is Cc1cc(C)c(-c2ccc3c(c2)Cc2c-3ccc(-c3c(C)cc(C)cc3C)[c]2[Zr+2]([C]2=CC(C(C)(C)C)=CC2C(C)C)=[C](c2cccc(C(F)(F)F)c2)c2cccc(C(F)(F)F)c2)c(C)c1.[Cl-].[Cl-]. The second-order valence-corrected chi connectivity index (χ2v) is 25.5. The molecule has 348 valence electrons. The van der Waals surface area contributed by atoms with Gasteiger partial charge < -0.3 is 24.8 Å². The Morgan fingerprint density at radius 1 is 0.582 bits per heavy atom. The van der Waals surface area contributed by atoms with Crippen LogP contribution >= 0.6 is 0 Å². The standard InChI is InChI=1S/C31H29.C15H8F6.C12H19.2ClH.Zr/c1-18-11-20(3)30(21(4)12-18)24-7-9-28-26(15-24)17-27-16-25(8-10-29(27)28)31-22(5)13-19(2)14-23(31)6;16-14(17,18)12-5-1-3-10(8-12)7-11-4-2-6-13(9-11)15(19,20)21;1-9(2)10-6-7-11(8-10)12(3,4)5;;;/h7-15H,17H2,1-6H3;1-6,8-9H;7-10H,1-5H3;2*1H;/q;;;;;+2/p-2. The Hall–Kier alpha value is -4.29. The summed E-state index contributed by atoms with van der Waals surface area (Å²) in [6.07, 6.45) is -4.14. The molecule has 67 heavy (non-hydrogen) atoms. The molecule has 0 fully saturated rings. The molecule has 0 aliphatic heterocycles. The molecule has 9 heteroatoms. The molecule has 0 saturated carbocycles. The average Bonchev–Trinajstić information content (AvgIpc) is 3.82. The summed E-state index contributed by atoms with van der Waals surface area (Å²) < 4.78 is 91.8.